The Balaban J connectivity index is 2.93. The molecule has 0 amide bonds. The van der Waals surface area contributed by atoms with Crippen LogP contribution in [-0.4, -0.2) is 33.8 Å². The molecule has 0 spiro atoms. The molecule has 116 valence electrons. The lowest BCUT2D eigenvalue weighted by Crippen LogP contribution is -2.39. The first-order valence-corrected chi connectivity index (χ1v) is 8.03. The Kier molecular flexibility index (Phi) is 7.24. The van der Waals surface area contributed by atoms with Crippen LogP contribution in [0.25, 0.3) is 0 Å². The van der Waals surface area contributed by atoms with E-state index in [4.69, 9.17) is 5.73 Å². The summed E-state index contributed by atoms with van der Waals surface area (Å²) in [4.78, 5) is 2.53. The van der Waals surface area contributed by atoms with E-state index in [1.807, 2.05) is 11.7 Å². The van der Waals surface area contributed by atoms with Gasteiger partial charge in [-0.1, -0.05) is 26.7 Å². The second-order valence-electron chi connectivity index (χ2n) is 5.85. The van der Waals surface area contributed by atoms with Crippen molar-refractivity contribution in [1.82, 2.24) is 14.7 Å². The number of nitrogens with two attached hydrogens (primary N) is 1. The number of unbranched alkanes of at least 4 members (excludes halogenated alkanes) is 2. The average molecular weight is 280 g/mol. The lowest BCUT2D eigenvalue weighted by molar-refractivity contribution is 0.153. The predicted molar refractivity (Wildman–Crippen MR) is 85.7 cm³/mol. The smallest absolute Gasteiger partial charge is 0.0670 e. The minimum Gasteiger partial charge on any atom is -0.329 e. The molecular weight excluding hydrogens is 248 g/mol. The van der Waals surface area contributed by atoms with Gasteiger partial charge in [0.2, 0.25) is 0 Å². The van der Waals surface area contributed by atoms with Crippen molar-refractivity contribution in [3.63, 3.8) is 0 Å². The van der Waals surface area contributed by atoms with E-state index < -0.39 is 0 Å². The molecule has 0 aliphatic rings. The van der Waals surface area contributed by atoms with E-state index in [0.29, 0.717) is 12.6 Å². The van der Waals surface area contributed by atoms with Gasteiger partial charge < -0.3 is 5.73 Å². The topological polar surface area (TPSA) is 47.1 Å². The first-order valence-electron chi connectivity index (χ1n) is 8.03. The third kappa shape index (κ3) is 4.32. The maximum absolute atomic E-state index is 6.10. The van der Waals surface area contributed by atoms with Crippen LogP contribution >= 0.6 is 0 Å². The number of hydrogen-bond donors (Lipinski definition) is 1. The standard InChI is InChI=1S/C16H32N4/c1-6-8-9-10-20(13(3)4)16(11-17)14-12-19(5)18-15(14)7-2/h12-13,16H,6-11,17H2,1-5H3. The number of aryl methyl sites for hydroxylation is 2. The monoisotopic (exact) mass is 280 g/mol. The summed E-state index contributed by atoms with van der Waals surface area (Å²) < 4.78 is 1.92. The van der Waals surface area contributed by atoms with Crippen molar-refractivity contribution in [2.24, 2.45) is 12.8 Å². The Hall–Kier alpha value is -0.870. The van der Waals surface area contributed by atoms with Gasteiger partial charge in [0.25, 0.3) is 0 Å². The molecule has 1 aromatic rings. The molecule has 1 atom stereocenters. The van der Waals surface area contributed by atoms with Crippen LogP contribution in [0.1, 0.15) is 64.3 Å². The molecule has 2 N–H and O–H groups in total. The fourth-order valence-corrected chi connectivity index (χ4v) is 2.87. The highest BCUT2D eigenvalue weighted by Crippen LogP contribution is 2.25. The van der Waals surface area contributed by atoms with Crippen LogP contribution in [-0.2, 0) is 13.5 Å². The third-order valence-corrected chi connectivity index (χ3v) is 3.94. The molecule has 1 heterocycles. The molecule has 0 fully saturated rings. The highest BCUT2D eigenvalue weighted by Gasteiger charge is 2.24. The second-order valence-corrected chi connectivity index (χ2v) is 5.85. The Morgan fingerprint density at radius 3 is 2.50 bits per heavy atom. The van der Waals surface area contributed by atoms with Crippen molar-refractivity contribution in [3.8, 4) is 0 Å². The molecule has 1 unspecified atom stereocenters. The largest absolute Gasteiger partial charge is 0.329 e. The number of rotatable bonds is 9. The van der Waals surface area contributed by atoms with Gasteiger partial charge in [-0.3, -0.25) is 9.58 Å². The lowest BCUT2D eigenvalue weighted by atomic mass is 10.0. The summed E-state index contributed by atoms with van der Waals surface area (Å²) in [6.07, 6.45) is 6.90. The average Bonchev–Trinajstić information content (AvgIpc) is 2.78. The molecule has 1 aromatic heterocycles. The Labute approximate surface area is 124 Å². The van der Waals surface area contributed by atoms with Crippen molar-refractivity contribution in [2.45, 2.75) is 65.5 Å². The molecule has 4 heteroatoms. The minimum atomic E-state index is 0.288. The van der Waals surface area contributed by atoms with Gasteiger partial charge in [0.05, 0.1) is 11.7 Å². The summed E-state index contributed by atoms with van der Waals surface area (Å²) in [7, 11) is 1.99. The van der Waals surface area contributed by atoms with Gasteiger partial charge in [0, 0.05) is 31.4 Å². The number of hydrogen-bond acceptors (Lipinski definition) is 3. The number of nitrogens with zero attached hydrogens (tertiary/aromatic N) is 3. The zero-order valence-corrected chi connectivity index (χ0v) is 13.9. The molecule has 0 bridgehead atoms. The van der Waals surface area contributed by atoms with Crippen LogP contribution in [0, 0.1) is 0 Å². The fourth-order valence-electron chi connectivity index (χ4n) is 2.87. The first kappa shape index (κ1) is 17.2. The molecule has 0 saturated carbocycles. The van der Waals surface area contributed by atoms with Gasteiger partial charge >= 0.3 is 0 Å². The Bertz CT molecular complexity index is 384. The van der Waals surface area contributed by atoms with Crippen molar-refractivity contribution in [1.29, 1.82) is 0 Å². The van der Waals surface area contributed by atoms with E-state index in [1.54, 1.807) is 0 Å². The minimum absolute atomic E-state index is 0.288. The van der Waals surface area contributed by atoms with Crippen molar-refractivity contribution < 1.29 is 0 Å². The molecule has 0 aliphatic heterocycles. The molecule has 4 nitrogen and oxygen atoms in total. The third-order valence-electron chi connectivity index (χ3n) is 3.94. The van der Waals surface area contributed by atoms with Crippen LogP contribution in [0.5, 0.6) is 0 Å². The van der Waals surface area contributed by atoms with Crippen molar-refractivity contribution >= 4 is 0 Å². The number of aromatic nitrogens is 2. The Morgan fingerprint density at radius 2 is 2.00 bits per heavy atom. The maximum Gasteiger partial charge on any atom is 0.0670 e. The normalized spacial score (nSPS) is 13.4. The van der Waals surface area contributed by atoms with E-state index in [1.165, 1.54) is 30.5 Å². The lowest BCUT2D eigenvalue weighted by Gasteiger charge is -2.34. The highest BCUT2D eigenvalue weighted by molar-refractivity contribution is 5.22. The van der Waals surface area contributed by atoms with E-state index in [0.717, 1.165) is 13.0 Å². The van der Waals surface area contributed by atoms with Crippen LogP contribution in [0.3, 0.4) is 0 Å². The molecule has 0 radical (unpaired) electrons. The van der Waals surface area contributed by atoms with Gasteiger partial charge in [-0.05, 0) is 33.2 Å². The van der Waals surface area contributed by atoms with E-state index in [-0.39, 0.29) is 6.04 Å². The summed E-state index contributed by atoms with van der Waals surface area (Å²) in [6.45, 7) is 10.7. The Morgan fingerprint density at radius 1 is 1.30 bits per heavy atom. The van der Waals surface area contributed by atoms with E-state index in [2.05, 4.69) is 43.9 Å². The zero-order chi connectivity index (χ0) is 15.1. The second kappa shape index (κ2) is 8.42. The maximum atomic E-state index is 6.10. The zero-order valence-electron chi connectivity index (χ0n) is 13.9. The van der Waals surface area contributed by atoms with Gasteiger partial charge in [0.15, 0.2) is 0 Å². The van der Waals surface area contributed by atoms with Gasteiger partial charge in [-0.2, -0.15) is 5.10 Å². The summed E-state index contributed by atoms with van der Waals surface area (Å²) in [5, 5.41) is 4.57. The molecule has 0 aliphatic carbocycles. The molecule has 0 saturated heterocycles. The van der Waals surface area contributed by atoms with Gasteiger partial charge in [-0.25, -0.2) is 0 Å². The molecule has 0 aromatic carbocycles. The van der Waals surface area contributed by atoms with Crippen LogP contribution in [0.4, 0.5) is 0 Å². The molecule has 1 rings (SSSR count). The van der Waals surface area contributed by atoms with Gasteiger partial charge in [-0.15, -0.1) is 0 Å². The van der Waals surface area contributed by atoms with Crippen molar-refractivity contribution in [2.75, 3.05) is 13.1 Å². The predicted octanol–water partition coefficient (Wildman–Crippen LogP) is 2.88. The summed E-state index contributed by atoms with van der Waals surface area (Å²) in [6, 6.07) is 0.792. The molecular formula is C16H32N4. The van der Waals surface area contributed by atoms with Crippen LogP contribution < -0.4 is 5.73 Å². The summed E-state index contributed by atoms with van der Waals surface area (Å²) >= 11 is 0. The SMILES string of the molecule is CCCCCN(C(C)C)C(CN)c1cn(C)nc1CC. The summed E-state index contributed by atoms with van der Waals surface area (Å²) in [5.41, 5.74) is 8.59. The van der Waals surface area contributed by atoms with E-state index in [9.17, 15) is 0 Å². The van der Waals surface area contributed by atoms with Crippen molar-refractivity contribution in [3.05, 3.63) is 17.5 Å². The quantitative estimate of drug-likeness (QED) is 0.708. The fraction of sp³-hybridized carbons (Fsp3) is 0.812. The van der Waals surface area contributed by atoms with Crippen LogP contribution in [0.15, 0.2) is 6.20 Å². The van der Waals surface area contributed by atoms with Crippen LogP contribution in [0.2, 0.25) is 0 Å². The highest BCUT2D eigenvalue weighted by atomic mass is 15.3. The van der Waals surface area contributed by atoms with Gasteiger partial charge in [0.1, 0.15) is 0 Å². The summed E-state index contributed by atoms with van der Waals surface area (Å²) in [5.74, 6) is 0. The first-order chi connectivity index (χ1) is 9.54. The molecule has 20 heavy (non-hydrogen) atoms. The van der Waals surface area contributed by atoms with E-state index >= 15 is 0 Å².